The van der Waals surface area contributed by atoms with Crippen molar-refractivity contribution in [2.24, 2.45) is 0 Å². The molecule has 4 heteroatoms. The standard InChI is InChI=1S/C16H17N3O/c1-2-18-15-9-17-8-7-14(15)16(20)19-10-12-5-3-4-6-13(12)11-19/h3-9,18H,2,10-11H2,1H3. The van der Waals surface area contributed by atoms with Gasteiger partial charge in [-0.05, 0) is 24.1 Å². The van der Waals surface area contributed by atoms with Crippen LogP contribution in [0.1, 0.15) is 28.4 Å². The van der Waals surface area contributed by atoms with Crippen molar-refractivity contribution in [1.82, 2.24) is 9.88 Å². The number of hydrogen-bond donors (Lipinski definition) is 1. The minimum atomic E-state index is 0.0551. The fourth-order valence-corrected chi connectivity index (χ4v) is 2.56. The molecule has 0 saturated carbocycles. The summed E-state index contributed by atoms with van der Waals surface area (Å²) >= 11 is 0. The molecule has 1 N–H and O–H groups in total. The van der Waals surface area contributed by atoms with Crippen molar-refractivity contribution in [3.05, 3.63) is 59.4 Å². The lowest BCUT2D eigenvalue weighted by molar-refractivity contribution is 0.0752. The SMILES string of the molecule is CCNc1cnccc1C(=O)N1Cc2ccccc2C1. The van der Waals surface area contributed by atoms with Crippen LogP contribution in [0.15, 0.2) is 42.7 Å². The van der Waals surface area contributed by atoms with E-state index >= 15 is 0 Å². The van der Waals surface area contributed by atoms with Crippen molar-refractivity contribution in [2.75, 3.05) is 11.9 Å². The molecule has 1 aliphatic heterocycles. The number of anilines is 1. The highest BCUT2D eigenvalue weighted by Gasteiger charge is 2.25. The third-order valence-electron chi connectivity index (χ3n) is 3.55. The third kappa shape index (κ3) is 2.25. The Hall–Kier alpha value is -2.36. The molecule has 1 aromatic carbocycles. The summed E-state index contributed by atoms with van der Waals surface area (Å²) in [4.78, 5) is 18.6. The Kier molecular flexibility index (Phi) is 3.37. The fourth-order valence-electron chi connectivity index (χ4n) is 2.56. The van der Waals surface area contributed by atoms with Crippen LogP contribution in [-0.4, -0.2) is 22.3 Å². The molecule has 0 saturated heterocycles. The van der Waals surface area contributed by atoms with Crippen LogP contribution in [0.5, 0.6) is 0 Å². The largest absolute Gasteiger partial charge is 0.383 e. The number of rotatable bonds is 3. The predicted molar refractivity (Wildman–Crippen MR) is 78.4 cm³/mol. The van der Waals surface area contributed by atoms with Gasteiger partial charge in [0.25, 0.3) is 5.91 Å². The lowest BCUT2D eigenvalue weighted by atomic mass is 10.1. The smallest absolute Gasteiger partial charge is 0.256 e. The van der Waals surface area contributed by atoms with Gasteiger partial charge in [0.1, 0.15) is 0 Å². The molecule has 2 aromatic rings. The van der Waals surface area contributed by atoms with E-state index in [2.05, 4.69) is 22.4 Å². The van der Waals surface area contributed by atoms with Crippen LogP contribution in [0.3, 0.4) is 0 Å². The summed E-state index contributed by atoms with van der Waals surface area (Å²) < 4.78 is 0. The average Bonchev–Trinajstić information content (AvgIpc) is 2.91. The fraction of sp³-hybridized carbons (Fsp3) is 0.250. The lowest BCUT2D eigenvalue weighted by Gasteiger charge is -2.17. The number of carbonyl (C=O) groups is 1. The minimum absolute atomic E-state index is 0.0551. The molecule has 1 amide bonds. The molecule has 0 spiro atoms. The molecule has 0 fully saturated rings. The Morgan fingerprint density at radius 3 is 2.60 bits per heavy atom. The van der Waals surface area contributed by atoms with Crippen LogP contribution >= 0.6 is 0 Å². The zero-order valence-electron chi connectivity index (χ0n) is 11.5. The van der Waals surface area contributed by atoms with E-state index in [1.54, 1.807) is 18.5 Å². The Morgan fingerprint density at radius 1 is 1.25 bits per heavy atom. The van der Waals surface area contributed by atoms with Gasteiger partial charge in [-0.25, -0.2) is 0 Å². The number of carbonyl (C=O) groups excluding carboxylic acids is 1. The number of fused-ring (bicyclic) bond motifs is 1. The van der Waals surface area contributed by atoms with E-state index in [1.165, 1.54) is 11.1 Å². The zero-order valence-corrected chi connectivity index (χ0v) is 11.5. The molecular weight excluding hydrogens is 250 g/mol. The molecule has 3 rings (SSSR count). The van der Waals surface area contributed by atoms with Crippen molar-refractivity contribution in [3.63, 3.8) is 0 Å². The first kappa shape index (κ1) is 12.7. The normalized spacial score (nSPS) is 13.2. The van der Waals surface area contributed by atoms with E-state index in [0.717, 1.165) is 12.2 Å². The number of pyridine rings is 1. The van der Waals surface area contributed by atoms with Crippen molar-refractivity contribution in [3.8, 4) is 0 Å². The Balaban J connectivity index is 1.85. The van der Waals surface area contributed by atoms with Gasteiger partial charge in [0.15, 0.2) is 0 Å². The maximum atomic E-state index is 12.7. The minimum Gasteiger partial charge on any atom is -0.383 e. The second-order valence-corrected chi connectivity index (χ2v) is 4.88. The van der Waals surface area contributed by atoms with Gasteiger partial charge in [-0.2, -0.15) is 0 Å². The van der Waals surface area contributed by atoms with Gasteiger partial charge in [-0.15, -0.1) is 0 Å². The maximum Gasteiger partial charge on any atom is 0.256 e. The maximum absolute atomic E-state index is 12.7. The Bertz CT molecular complexity index is 614. The number of hydrogen-bond acceptors (Lipinski definition) is 3. The Labute approximate surface area is 118 Å². The van der Waals surface area contributed by atoms with Gasteiger partial charge in [0, 0.05) is 25.8 Å². The molecule has 102 valence electrons. The van der Waals surface area contributed by atoms with Crippen LogP contribution < -0.4 is 5.32 Å². The summed E-state index contributed by atoms with van der Waals surface area (Å²) in [5.74, 6) is 0.0551. The van der Waals surface area contributed by atoms with Crippen molar-refractivity contribution < 1.29 is 4.79 Å². The van der Waals surface area contributed by atoms with Gasteiger partial charge >= 0.3 is 0 Å². The topological polar surface area (TPSA) is 45.2 Å². The summed E-state index contributed by atoms with van der Waals surface area (Å²) in [6, 6.07) is 9.98. The van der Waals surface area contributed by atoms with E-state index in [1.807, 2.05) is 24.0 Å². The summed E-state index contributed by atoms with van der Waals surface area (Å²) in [5.41, 5.74) is 3.96. The molecule has 0 unspecified atom stereocenters. The highest BCUT2D eigenvalue weighted by Crippen LogP contribution is 2.25. The first-order chi connectivity index (χ1) is 9.79. The van der Waals surface area contributed by atoms with Crippen LogP contribution in [0.25, 0.3) is 0 Å². The summed E-state index contributed by atoms with van der Waals surface area (Å²) in [5, 5.41) is 3.19. The van der Waals surface area contributed by atoms with Gasteiger partial charge in [0.05, 0.1) is 17.4 Å². The van der Waals surface area contributed by atoms with E-state index in [9.17, 15) is 4.79 Å². The zero-order chi connectivity index (χ0) is 13.9. The van der Waals surface area contributed by atoms with E-state index < -0.39 is 0 Å². The highest BCUT2D eigenvalue weighted by atomic mass is 16.2. The number of aromatic nitrogens is 1. The van der Waals surface area contributed by atoms with Crippen LogP contribution in [0.4, 0.5) is 5.69 Å². The molecule has 20 heavy (non-hydrogen) atoms. The first-order valence-electron chi connectivity index (χ1n) is 6.83. The summed E-state index contributed by atoms with van der Waals surface area (Å²) in [7, 11) is 0. The van der Waals surface area contributed by atoms with Crippen LogP contribution in [-0.2, 0) is 13.1 Å². The molecule has 1 aromatic heterocycles. The molecule has 2 heterocycles. The number of nitrogens with one attached hydrogen (secondary N) is 1. The van der Waals surface area contributed by atoms with E-state index in [4.69, 9.17) is 0 Å². The van der Waals surface area contributed by atoms with Crippen LogP contribution in [0.2, 0.25) is 0 Å². The molecule has 0 atom stereocenters. The first-order valence-corrected chi connectivity index (χ1v) is 6.83. The van der Waals surface area contributed by atoms with E-state index in [-0.39, 0.29) is 5.91 Å². The third-order valence-corrected chi connectivity index (χ3v) is 3.55. The Morgan fingerprint density at radius 2 is 1.95 bits per heavy atom. The number of amides is 1. The molecule has 0 bridgehead atoms. The average molecular weight is 267 g/mol. The molecule has 0 aliphatic carbocycles. The monoisotopic (exact) mass is 267 g/mol. The van der Waals surface area contributed by atoms with E-state index in [0.29, 0.717) is 18.7 Å². The molecule has 4 nitrogen and oxygen atoms in total. The second kappa shape index (κ2) is 5.33. The highest BCUT2D eigenvalue weighted by molar-refractivity contribution is 5.99. The van der Waals surface area contributed by atoms with Crippen molar-refractivity contribution >= 4 is 11.6 Å². The molecular formula is C16H17N3O. The second-order valence-electron chi connectivity index (χ2n) is 4.88. The van der Waals surface area contributed by atoms with Crippen molar-refractivity contribution in [2.45, 2.75) is 20.0 Å². The summed E-state index contributed by atoms with van der Waals surface area (Å²) in [6.45, 7) is 4.14. The summed E-state index contributed by atoms with van der Waals surface area (Å²) in [6.07, 6.45) is 3.37. The molecule has 1 aliphatic rings. The van der Waals surface area contributed by atoms with Gasteiger partial charge in [0.2, 0.25) is 0 Å². The van der Waals surface area contributed by atoms with Crippen LogP contribution in [0, 0.1) is 0 Å². The quantitative estimate of drug-likeness (QED) is 0.930. The predicted octanol–water partition coefficient (Wildman–Crippen LogP) is 2.67. The lowest BCUT2D eigenvalue weighted by Crippen LogP contribution is -2.26. The molecule has 0 radical (unpaired) electrons. The van der Waals surface area contributed by atoms with Gasteiger partial charge < -0.3 is 10.2 Å². The van der Waals surface area contributed by atoms with Crippen molar-refractivity contribution in [1.29, 1.82) is 0 Å². The number of nitrogens with zero attached hydrogens (tertiary/aromatic N) is 2. The van der Waals surface area contributed by atoms with Gasteiger partial charge in [-0.3, -0.25) is 9.78 Å². The number of benzene rings is 1. The van der Waals surface area contributed by atoms with Gasteiger partial charge in [-0.1, -0.05) is 24.3 Å².